The van der Waals surface area contributed by atoms with Gasteiger partial charge in [-0.05, 0) is 73.5 Å². The molecule has 0 amide bonds. The predicted molar refractivity (Wildman–Crippen MR) is 190 cm³/mol. The standard InChI is InChI=1S/C41H27N5/c1-25(2)44-36-21-19-29(43-4)23-37(36)46-35-20-16-27(26-14-17-28(42-3)18-15-26)22-32(35)33-24-38-39(41(44)40(33)46)31-12-8-9-13-34(31)45(38)30-10-6-5-7-11-30/h5-25H,1-2H3. The summed E-state index contributed by atoms with van der Waals surface area (Å²) in [5.41, 5.74) is 12.5. The number of aromatic nitrogens is 2. The van der Waals surface area contributed by atoms with Gasteiger partial charge in [0, 0.05) is 33.3 Å². The fourth-order valence-electron chi connectivity index (χ4n) is 7.46. The van der Waals surface area contributed by atoms with Crippen molar-refractivity contribution in [2.24, 2.45) is 0 Å². The second-order valence-electron chi connectivity index (χ2n) is 12.2. The number of benzene rings is 6. The van der Waals surface area contributed by atoms with Crippen LogP contribution < -0.4 is 4.90 Å². The highest BCUT2D eigenvalue weighted by Gasteiger charge is 2.33. The van der Waals surface area contributed by atoms with Crippen molar-refractivity contribution in [2.45, 2.75) is 19.9 Å². The van der Waals surface area contributed by atoms with Gasteiger partial charge in [-0.2, -0.15) is 0 Å². The molecule has 5 heteroatoms. The maximum Gasteiger partial charge on any atom is 0.189 e. The van der Waals surface area contributed by atoms with Crippen molar-refractivity contribution >= 4 is 66.4 Å². The third-order valence-corrected chi connectivity index (χ3v) is 9.35. The molecule has 216 valence electrons. The largest absolute Gasteiger partial charge is 0.335 e. The lowest BCUT2D eigenvalue weighted by Gasteiger charge is -2.36. The minimum atomic E-state index is 0.161. The topological polar surface area (TPSA) is 21.8 Å². The first-order valence-electron chi connectivity index (χ1n) is 15.5. The molecule has 0 N–H and O–H groups in total. The third-order valence-electron chi connectivity index (χ3n) is 9.35. The van der Waals surface area contributed by atoms with Crippen LogP contribution in [-0.4, -0.2) is 15.2 Å². The Morgan fingerprint density at radius 2 is 1.24 bits per heavy atom. The number of hydrogen-bond donors (Lipinski definition) is 0. The second-order valence-corrected chi connectivity index (χ2v) is 12.2. The summed E-state index contributed by atoms with van der Waals surface area (Å²) in [6.45, 7) is 19.7. The average Bonchev–Trinajstić information content (AvgIpc) is 3.61. The molecule has 0 fully saturated rings. The Hall–Kier alpha value is -6.30. The Balaban J connectivity index is 1.51. The highest BCUT2D eigenvalue weighted by Crippen LogP contribution is 2.53. The maximum atomic E-state index is 7.83. The Kier molecular flexibility index (Phi) is 5.45. The number of hydrogen-bond acceptors (Lipinski definition) is 1. The van der Waals surface area contributed by atoms with Crippen LogP contribution in [0.1, 0.15) is 13.8 Å². The van der Waals surface area contributed by atoms with Gasteiger partial charge in [-0.25, -0.2) is 9.69 Å². The van der Waals surface area contributed by atoms with Gasteiger partial charge >= 0.3 is 0 Å². The van der Waals surface area contributed by atoms with Gasteiger partial charge in [-0.15, -0.1) is 0 Å². The Bertz CT molecular complexity index is 2620. The highest BCUT2D eigenvalue weighted by molar-refractivity contribution is 6.28. The van der Waals surface area contributed by atoms with Crippen molar-refractivity contribution in [2.75, 3.05) is 4.90 Å². The van der Waals surface area contributed by atoms with Gasteiger partial charge in [0.2, 0.25) is 0 Å². The van der Waals surface area contributed by atoms with E-state index in [1.54, 1.807) is 0 Å². The van der Waals surface area contributed by atoms with E-state index < -0.39 is 0 Å². The molecule has 0 saturated carbocycles. The first-order chi connectivity index (χ1) is 22.6. The minimum Gasteiger partial charge on any atom is -0.335 e. The van der Waals surface area contributed by atoms with Crippen LogP contribution in [0.2, 0.25) is 0 Å². The molecule has 0 unspecified atom stereocenters. The molecule has 5 nitrogen and oxygen atoms in total. The highest BCUT2D eigenvalue weighted by atomic mass is 15.2. The van der Waals surface area contributed by atoms with Gasteiger partial charge in [0.25, 0.3) is 0 Å². The number of nitrogens with zero attached hydrogens (tertiary/aromatic N) is 5. The minimum absolute atomic E-state index is 0.161. The first-order valence-corrected chi connectivity index (χ1v) is 15.5. The quantitative estimate of drug-likeness (QED) is 0.188. The van der Waals surface area contributed by atoms with Crippen LogP contribution in [0.25, 0.3) is 75.8 Å². The average molecular weight is 590 g/mol. The van der Waals surface area contributed by atoms with E-state index in [9.17, 15) is 0 Å². The molecule has 0 aliphatic carbocycles. The molecule has 1 aliphatic rings. The molecule has 8 aromatic rings. The zero-order valence-corrected chi connectivity index (χ0v) is 25.4. The van der Waals surface area contributed by atoms with Crippen molar-refractivity contribution in [1.29, 1.82) is 0 Å². The molecule has 46 heavy (non-hydrogen) atoms. The molecule has 3 heterocycles. The van der Waals surface area contributed by atoms with Crippen molar-refractivity contribution in [3.05, 3.63) is 144 Å². The van der Waals surface area contributed by atoms with E-state index >= 15 is 0 Å². The van der Waals surface area contributed by atoms with Crippen LogP contribution in [0.4, 0.5) is 22.7 Å². The Morgan fingerprint density at radius 3 is 2.00 bits per heavy atom. The van der Waals surface area contributed by atoms with Crippen LogP contribution in [0, 0.1) is 13.1 Å². The van der Waals surface area contributed by atoms with Gasteiger partial charge < -0.3 is 14.0 Å². The lowest BCUT2D eigenvalue weighted by molar-refractivity contribution is 0.784. The molecular formula is C41H27N5. The normalized spacial score (nSPS) is 12.2. The van der Waals surface area contributed by atoms with Crippen molar-refractivity contribution in [3.63, 3.8) is 0 Å². The summed E-state index contributed by atoms with van der Waals surface area (Å²) >= 11 is 0. The van der Waals surface area contributed by atoms with E-state index in [-0.39, 0.29) is 6.04 Å². The summed E-state index contributed by atoms with van der Waals surface area (Å²) in [7, 11) is 0. The van der Waals surface area contributed by atoms with Crippen LogP contribution >= 0.6 is 0 Å². The predicted octanol–water partition coefficient (Wildman–Crippen LogP) is 11.5. The van der Waals surface area contributed by atoms with Gasteiger partial charge in [0.05, 0.1) is 52.3 Å². The number of fused-ring (bicyclic) bond motifs is 9. The molecular weight excluding hydrogens is 562 g/mol. The Labute approximate surface area is 266 Å². The zero-order valence-electron chi connectivity index (χ0n) is 25.4. The second kappa shape index (κ2) is 9.60. The molecule has 0 bridgehead atoms. The third kappa shape index (κ3) is 3.49. The molecule has 2 aromatic heterocycles. The van der Waals surface area contributed by atoms with Crippen molar-refractivity contribution in [3.8, 4) is 22.5 Å². The van der Waals surface area contributed by atoms with E-state index in [1.807, 2.05) is 36.4 Å². The zero-order chi connectivity index (χ0) is 31.1. The van der Waals surface area contributed by atoms with Crippen LogP contribution in [-0.2, 0) is 0 Å². The van der Waals surface area contributed by atoms with Gasteiger partial charge in [-0.3, -0.25) is 0 Å². The van der Waals surface area contributed by atoms with E-state index in [0.717, 1.165) is 50.1 Å². The first kappa shape index (κ1) is 26.1. The van der Waals surface area contributed by atoms with E-state index in [1.165, 1.54) is 27.4 Å². The van der Waals surface area contributed by atoms with E-state index in [0.29, 0.717) is 11.4 Å². The SMILES string of the molecule is [C-]#[N+]c1ccc(-c2ccc3c(c2)c2cc4c(c5c2n3-c2cc([N+]#[C-])ccc2N5C(C)C)c2ccccc2n4-c2ccccc2)cc1. The van der Waals surface area contributed by atoms with Crippen LogP contribution in [0.3, 0.4) is 0 Å². The summed E-state index contributed by atoms with van der Waals surface area (Å²) in [5.74, 6) is 0. The fourth-order valence-corrected chi connectivity index (χ4v) is 7.46. The number of rotatable bonds is 3. The van der Waals surface area contributed by atoms with Crippen LogP contribution in [0.15, 0.2) is 121 Å². The fraction of sp³-hybridized carbons (Fsp3) is 0.0732. The summed E-state index contributed by atoms with van der Waals surface area (Å²) in [6, 6.07) is 42.4. The molecule has 1 aliphatic heterocycles. The number of anilines is 2. The molecule has 0 radical (unpaired) electrons. The maximum absolute atomic E-state index is 7.83. The summed E-state index contributed by atoms with van der Waals surface area (Å²) in [4.78, 5) is 9.88. The molecule has 9 rings (SSSR count). The Morgan fingerprint density at radius 1 is 0.543 bits per heavy atom. The summed E-state index contributed by atoms with van der Waals surface area (Å²) < 4.78 is 4.77. The molecule has 0 saturated heterocycles. The lowest BCUT2D eigenvalue weighted by atomic mass is 10.00. The van der Waals surface area contributed by atoms with Crippen molar-refractivity contribution in [1.82, 2.24) is 9.13 Å². The molecule has 0 atom stereocenters. The van der Waals surface area contributed by atoms with E-state index in [2.05, 4.69) is 123 Å². The molecule has 0 spiro atoms. The summed E-state index contributed by atoms with van der Waals surface area (Å²) in [6.07, 6.45) is 0. The monoisotopic (exact) mass is 589 g/mol. The summed E-state index contributed by atoms with van der Waals surface area (Å²) in [5, 5.41) is 4.75. The van der Waals surface area contributed by atoms with Gasteiger partial charge in [0.1, 0.15) is 0 Å². The lowest BCUT2D eigenvalue weighted by Crippen LogP contribution is -2.29. The number of para-hydroxylation sites is 2. The van der Waals surface area contributed by atoms with Gasteiger partial charge in [0.15, 0.2) is 11.4 Å². The van der Waals surface area contributed by atoms with Crippen LogP contribution in [0.5, 0.6) is 0 Å². The smallest absolute Gasteiger partial charge is 0.189 e. The molecule has 6 aromatic carbocycles. The van der Waals surface area contributed by atoms with E-state index in [4.69, 9.17) is 13.1 Å². The van der Waals surface area contributed by atoms with Gasteiger partial charge in [-0.1, -0.05) is 72.8 Å². The van der Waals surface area contributed by atoms with Crippen molar-refractivity contribution < 1.29 is 0 Å².